The van der Waals surface area contributed by atoms with E-state index in [1.165, 1.54) is 6.20 Å². The molecule has 0 aliphatic rings. The van der Waals surface area contributed by atoms with Crippen LogP contribution in [0.1, 0.15) is 96.5 Å². The summed E-state index contributed by atoms with van der Waals surface area (Å²) in [4.78, 5) is 0. The van der Waals surface area contributed by atoms with Gasteiger partial charge >= 0.3 is 0 Å². The Morgan fingerprint density at radius 1 is 0.688 bits per heavy atom. The Morgan fingerprint density at radius 3 is 1.53 bits per heavy atom. The molecule has 0 atom stereocenters. The van der Waals surface area contributed by atoms with Gasteiger partial charge in [-0.15, -0.1) is 0 Å². The normalized spacial score (nSPS) is 12.0. The highest BCUT2D eigenvalue weighted by Crippen LogP contribution is 2.22. The van der Waals surface area contributed by atoms with Crippen LogP contribution in [0.2, 0.25) is 0 Å². The molecule has 0 amide bonds. The van der Waals surface area contributed by atoms with Gasteiger partial charge in [0.05, 0.1) is 11.5 Å². The average molecular weight is 486 g/mol. The van der Waals surface area contributed by atoms with Crippen LogP contribution in [0.25, 0.3) is 0 Å². The summed E-state index contributed by atoms with van der Waals surface area (Å²) in [6.07, 6.45) is 12.4. The number of hydrogen-bond acceptors (Lipinski definition) is 5. The molecule has 32 heavy (non-hydrogen) atoms. The summed E-state index contributed by atoms with van der Waals surface area (Å²) in [5.74, 6) is -0.257. The molecule has 0 saturated carbocycles. The second kappa shape index (κ2) is 15.5. The quantitative estimate of drug-likeness (QED) is 0.232. The number of hydrogen-bond donors (Lipinski definition) is 1. The Labute approximate surface area is 196 Å². The molecule has 0 spiro atoms. The second-order valence-corrected chi connectivity index (χ2v) is 13.1. The molecule has 0 aromatic heterocycles. The molecule has 0 fully saturated rings. The van der Waals surface area contributed by atoms with Gasteiger partial charge in [-0.25, -0.2) is 16.8 Å². The van der Waals surface area contributed by atoms with Gasteiger partial charge in [-0.3, -0.25) is 0 Å². The summed E-state index contributed by atoms with van der Waals surface area (Å²) >= 11 is 0. The van der Waals surface area contributed by atoms with Crippen LogP contribution in [-0.4, -0.2) is 28.3 Å². The maximum atomic E-state index is 13.0. The zero-order valence-corrected chi connectivity index (χ0v) is 21.9. The third-order valence-electron chi connectivity index (χ3n) is 5.55. The van der Waals surface area contributed by atoms with Crippen LogP contribution in [0.3, 0.4) is 0 Å². The first-order valence-corrected chi connectivity index (χ1v) is 15.5. The SMILES string of the molecule is CCCCCCCCS(=O)(=O)C(=CNc1ccc(C)cc1)S(=O)(=O)CCCCCCCC. The number of rotatable bonds is 18. The minimum atomic E-state index is -3.89. The molecule has 0 saturated heterocycles. The van der Waals surface area contributed by atoms with Gasteiger partial charge in [-0.05, 0) is 31.9 Å². The molecule has 7 heteroatoms. The Kier molecular flexibility index (Phi) is 13.9. The lowest BCUT2D eigenvalue weighted by molar-refractivity contribution is 0.582. The van der Waals surface area contributed by atoms with E-state index in [0.717, 1.165) is 69.8 Å². The highest BCUT2D eigenvalue weighted by molar-refractivity contribution is 8.14. The monoisotopic (exact) mass is 485 g/mol. The summed E-state index contributed by atoms with van der Waals surface area (Å²) in [7, 11) is -7.78. The molecule has 1 N–H and O–H groups in total. The van der Waals surface area contributed by atoms with E-state index in [-0.39, 0.29) is 11.5 Å². The minimum Gasteiger partial charge on any atom is -0.360 e. The van der Waals surface area contributed by atoms with Crippen LogP contribution in [-0.2, 0) is 19.7 Å². The van der Waals surface area contributed by atoms with Crippen LogP contribution < -0.4 is 5.32 Å². The third-order valence-corrected chi connectivity index (χ3v) is 10.2. The van der Waals surface area contributed by atoms with E-state index >= 15 is 0 Å². The first kappa shape index (κ1) is 28.7. The highest BCUT2D eigenvalue weighted by Gasteiger charge is 2.30. The largest absolute Gasteiger partial charge is 0.360 e. The zero-order valence-electron chi connectivity index (χ0n) is 20.2. The summed E-state index contributed by atoms with van der Waals surface area (Å²) in [6, 6.07) is 7.41. The number of unbranched alkanes of at least 4 members (excludes halogenated alkanes) is 10. The van der Waals surface area contributed by atoms with Crippen molar-refractivity contribution < 1.29 is 16.8 Å². The maximum absolute atomic E-state index is 13.0. The second-order valence-electron chi connectivity index (χ2n) is 8.65. The molecule has 0 aliphatic heterocycles. The van der Waals surface area contributed by atoms with E-state index in [9.17, 15) is 16.8 Å². The molecular weight excluding hydrogens is 442 g/mol. The maximum Gasteiger partial charge on any atom is 0.190 e. The first-order chi connectivity index (χ1) is 15.2. The molecule has 1 aromatic rings. The summed E-state index contributed by atoms with van der Waals surface area (Å²) in [5, 5.41) is 2.90. The van der Waals surface area contributed by atoms with Crippen LogP contribution in [0.5, 0.6) is 0 Å². The van der Waals surface area contributed by atoms with Crippen molar-refractivity contribution in [2.45, 2.75) is 97.8 Å². The van der Waals surface area contributed by atoms with E-state index in [4.69, 9.17) is 0 Å². The highest BCUT2D eigenvalue weighted by atomic mass is 32.3. The smallest absolute Gasteiger partial charge is 0.190 e. The summed E-state index contributed by atoms with van der Waals surface area (Å²) in [6.45, 7) is 6.23. The number of benzene rings is 1. The van der Waals surface area contributed by atoms with E-state index in [1.54, 1.807) is 0 Å². The zero-order chi connectivity index (χ0) is 23.9. The van der Waals surface area contributed by atoms with E-state index in [0.29, 0.717) is 18.5 Å². The lowest BCUT2D eigenvalue weighted by Gasteiger charge is -2.12. The molecule has 1 rings (SSSR count). The molecule has 0 unspecified atom stereocenters. The third kappa shape index (κ3) is 11.5. The molecule has 184 valence electrons. The molecular formula is C25H43NO4S2. The Morgan fingerprint density at radius 2 is 1.09 bits per heavy atom. The fourth-order valence-electron chi connectivity index (χ4n) is 3.51. The summed E-state index contributed by atoms with van der Waals surface area (Å²) in [5.41, 5.74) is 1.74. The Balaban J connectivity index is 2.88. The minimum absolute atomic E-state index is 0.129. The van der Waals surface area contributed by atoms with Crippen molar-refractivity contribution in [2.75, 3.05) is 16.8 Å². The van der Waals surface area contributed by atoms with Crippen LogP contribution >= 0.6 is 0 Å². The fraction of sp³-hybridized carbons (Fsp3) is 0.680. The topological polar surface area (TPSA) is 80.3 Å². The van der Waals surface area contributed by atoms with Gasteiger partial charge < -0.3 is 5.32 Å². The number of nitrogens with one attached hydrogen (secondary N) is 1. The van der Waals surface area contributed by atoms with Crippen molar-refractivity contribution in [1.29, 1.82) is 0 Å². The summed E-state index contributed by atoms with van der Waals surface area (Å²) < 4.78 is 51.6. The van der Waals surface area contributed by atoms with Gasteiger partial charge in [-0.1, -0.05) is 95.8 Å². The molecule has 0 radical (unpaired) electrons. The van der Waals surface area contributed by atoms with E-state index in [1.807, 2.05) is 31.2 Å². The molecule has 1 aromatic carbocycles. The lowest BCUT2D eigenvalue weighted by atomic mass is 10.1. The number of anilines is 1. The van der Waals surface area contributed by atoms with Gasteiger partial charge in [0.25, 0.3) is 0 Å². The average Bonchev–Trinajstić information content (AvgIpc) is 2.74. The van der Waals surface area contributed by atoms with Crippen LogP contribution in [0.4, 0.5) is 5.69 Å². The van der Waals surface area contributed by atoms with Crippen LogP contribution in [0, 0.1) is 6.92 Å². The Bertz CT molecular complexity index is 825. The van der Waals surface area contributed by atoms with Gasteiger partial charge in [-0.2, -0.15) is 0 Å². The Hall–Kier alpha value is -1.34. The number of sulfone groups is 2. The van der Waals surface area contributed by atoms with Gasteiger partial charge in [0.15, 0.2) is 23.9 Å². The molecule has 0 aliphatic carbocycles. The van der Waals surface area contributed by atoms with E-state index in [2.05, 4.69) is 19.2 Å². The van der Waals surface area contributed by atoms with Crippen molar-refractivity contribution >= 4 is 25.4 Å². The standard InChI is InChI=1S/C25H43NO4S2/c1-4-6-8-10-12-14-20-31(27,28)25(22-26-24-18-16-23(3)17-19-24)32(29,30)21-15-13-11-9-7-5-2/h16-19,22,26H,4-15,20-21H2,1-3H3. The van der Waals surface area contributed by atoms with Gasteiger partial charge in [0.1, 0.15) is 0 Å². The number of aryl methyl sites for hydroxylation is 1. The molecule has 0 heterocycles. The van der Waals surface area contributed by atoms with Gasteiger partial charge in [0.2, 0.25) is 0 Å². The lowest BCUT2D eigenvalue weighted by Crippen LogP contribution is -2.21. The van der Waals surface area contributed by atoms with E-state index < -0.39 is 23.9 Å². The van der Waals surface area contributed by atoms with Crippen molar-refractivity contribution in [2.24, 2.45) is 0 Å². The predicted octanol–water partition coefficient (Wildman–Crippen LogP) is 6.76. The van der Waals surface area contributed by atoms with Gasteiger partial charge in [0, 0.05) is 11.9 Å². The van der Waals surface area contributed by atoms with Crippen LogP contribution in [0.15, 0.2) is 34.7 Å². The predicted molar refractivity (Wildman–Crippen MR) is 137 cm³/mol. The van der Waals surface area contributed by atoms with Crippen molar-refractivity contribution in [3.05, 3.63) is 40.3 Å². The molecule has 0 bridgehead atoms. The van der Waals surface area contributed by atoms with Crippen molar-refractivity contribution in [3.63, 3.8) is 0 Å². The fourth-order valence-corrected chi connectivity index (χ4v) is 7.61. The first-order valence-electron chi connectivity index (χ1n) is 12.2. The molecule has 5 nitrogen and oxygen atoms in total. The van der Waals surface area contributed by atoms with Crippen molar-refractivity contribution in [1.82, 2.24) is 0 Å². The van der Waals surface area contributed by atoms with Crippen molar-refractivity contribution in [3.8, 4) is 0 Å².